The number of nitrogens with zero attached hydrogens (tertiary/aromatic N) is 1. The minimum Gasteiger partial charge on any atom is -0.507 e. The Labute approximate surface area is 118 Å². The lowest BCUT2D eigenvalue weighted by atomic mass is 9.94. The van der Waals surface area contributed by atoms with Gasteiger partial charge in [0.1, 0.15) is 5.75 Å². The third kappa shape index (κ3) is 1.78. The van der Waals surface area contributed by atoms with Gasteiger partial charge in [-0.05, 0) is 42.5 Å². The van der Waals surface area contributed by atoms with Gasteiger partial charge in [-0.2, -0.15) is 0 Å². The zero-order valence-electron chi connectivity index (χ0n) is 11.6. The van der Waals surface area contributed by atoms with Crippen molar-refractivity contribution in [2.24, 2.45) is 5.16 Å². The first-order chi connectivity index (χ1) is 9.63. The van der Waals surface area contributed by atoms with Crippen molar-refractivity contribution in [3.8, 4) is 5.75 Å². The van der Waals surface area contributed by atoms with Gasteiger partial charge in [-0.1, -0.05) is 41.6 Å². The molecule has 0 bridgehead atoms. The minimum absolute atomic E-state index is 0.00241. The van der Waals surface area contributed by atoms with Crippen molar-refractivity contribution < 1.29 is 10.3 Å². The Bertz CT molecular complexity index is 690. The number of aryl methyl sites for hydroxylation is 2. The molecule has 0 heterocycles. The molecule has 1 aliphatic rings. The Kier molecular flexibility index (Phi) is 2.97. The van der Waals surface area contributed by atoms with Crippen LogP contribution in [0.5, 0.6) is 5.75 Å². The number of oxime groups is 1. The number of fused-ring (bicyclic) bond motifs is 1. The third-order valence-electron chi connectivity index (χ3n) is 4.13. The van der Waals surface area contributed by atoms with Crippen LogP contribution in [-0.4, -0.2) is 16.0 Å². The summed E-state index contributed by atoms with van der Waals surface area (Å²) < 4.78 is 0. The molecular weight excluding hydrogens is 250 g/mol. The normalized spacial score (nSPS) is 19.3. The van der Waals surface area contributed by atoms with Crippen molar-refractivity contribution >= 4 is 5.71 Å². The van der Waals surface area contributed by atoms with Crippen molar-refractivity contribution in [1.82, 2.24) is 0 Å². The summed E-state index contributed by atoms with van der Waals surface area (Å²) in [5, 5.41) is 23.2. The van der Waals surface area contributed by atoms with Crippen LogP contribution in [0.4, 0.5) is 0 Å². The summed E-state index contributed by atoms with van der Waals surface area (Å²) in [7, 11) is 0. The Morgan fingerprint density at radius 3 is 2.45 bits per heavy atom. The molecule has 102 valence electrons. The van der Waals surface area contributed by atoms with Crippen LogP contribution in [0.1, 0.15) is 33.7 Å². The number of rotatable bonds is 1. The third-order valence-corrected chi connectivity index (χ3v) is 4.13. The smallest absolute Gasteiger partial charge is 0.127 e. The second-order valence-corrected chi connectivity index (χ2v) is 5.37. The van der Waals surface area contributed by atoms with Crippen molar-refractivity contribution in [3.05, 3.63) is 64.2 Å². The maximum atomic E-state index is 10.3. The molecule has 1 atom stereocenters. The van der Waals surface area contributed by atoms with Crippen molar-refractivity contribution in [2.75, 3.05) is 0 Å². The van der Waals surface area contributed by atoms with Gasteiger partial charge in [0.15, 0.2) is 0 Å². The van der Waals surface area contributed by atoms with Crippen LogP contribution in [0, 0.1) is 13.8 Å². The second kappa shape index (κ2) is 4.67. The van der Waals surface area contributed by atoms with Crippen LogP contribution in [0.2, 0.25) is 0 Å². The standard InChI is InChI=1S/C17H17NO2/c1-10-8-11(2)17(19)15-13(10)9-14(16(15)18-20)12-6-4-3-5-7-12/h3-8,14,19-20H,9H2,1-2H3/b18-16-. The zero-order valence-corrected chi connectivity index (χ0v) is 11.6. The Morgan fingerprint density at radius 1 is 1.10 bits per heavy atom. The largest absolute Gasteiger partial charge is 0.507 e. The molecule has 1 aliphatic carbocycles. The van der Waals surface area contributed by atoms with E-state index < -0.39 is 0 Å². The summed E-state index contributed by atoms with van der Waals surface area (Å²) in [5.41, 5.74) is 5.41. The van der Waals surface area contributed by atoms with E-state index in [1.165, 1.54) is 0 Å². The second-order valence-electron chi connectivity index (χ2n) is 5.37. The van der Waals surface area contributed by atoms with E-state index in [-0.39, 0.29) is 11.7 Å². The van der Waals surface area contributed by atoms with E-state index in [1.54, 1.807) is 0 Å². The molecule has 0 saturated carbocycles. The maximum absolute atomic E-state index is 10.3. The fourth-order valence-electron chi connectivity index (χ4n) is 3.11. The number of benzene rings is 2. The highest BCUT2D eigenvalue weighted by atomic mass is 16.4. The van der Waals surface area contributed by atoms with Crippen LogP contribution in [0.15, 0.2) is 41.6 Å². The highest BCUT2D eigenvalue weighted by Gasteiger charge is 2.34. The lowest BCUT2D eigenvalue weighted by Crippen LogP contribution is -2.08. The van der Waals surface area contributed by atoms with Crippen LogP contribution in [0.25, 0.3) is 0 Å². The molecule has 3 heteroatoms. The van der Waals surface area contributed by atoms with Gasteiger partial charge in [0, 0.05) is 11.5 Å². The van der Waals surface area contributed by atoms with E-state index >= 15 is 0 Å². The summed E-state index contributed by atoms with van der Waals surface area (Å²) in [4.78, 5) is 0. The average molecular weight is 267 g/mol. The molecule has 0 amide bonds. The Morgan fingerprint density at radius 2 is 1.80 bits per heavy atom. The van der Waals surface area contributed by atoms with E-state index in [0.29, 0.717) is 11.3 Å². The maximum Gasteiger partial charge on any atom is 0.127 e. The van der Waals surface area contributed by atoms with Crippen LogP contribution in [0.3, 0.4) is 0 Å². The first kappa shape index (κ1) is 12.7. The molecule has 20 heavy (non-hydrogen) atoms. The molecule has 0 aliphatic heterocycles. The van der Waals surface area contributed by atoms with E-state index in [4.69, 9.17) is 0 Å². The summed E-state index contributed by atoms with van der Waals surface area (Å²) in [6.45, 7) is 3.90. The van der Waals surface area contributed by atoms with Gasteiger partial charge in [0.2, 0.25) is 0 Å². The molecule has 0 saturated heterocycles. The lowest BCUT2D eigenvalue weighted by Gasteiger charge is -2.11. The van der Waals surface area contributed by atoms with Gasteiger partial charge in [0.25, 0.3) is 0 Å². The number of aromatic hydroxyl groups is 1. The molecule has 2 aromatic rings. The molecule has 2 N–H and O–H groups in total. The lowest BCUT2D eigenvalue weighted by molar-refractivity contribution is 0.317. The molecular formula is C17H17NO2. The highest BCUT2D eigenvalue weighted by Crippen LogP contribution is 2.41. The molecule has 0 aromatic heterocycles. The van der Waals surface area contributed by atoms with E-state index in [9.17, 15) is 10.3 Å². The summed E-state index contributed by atoms with van der Waals surface area (Å²) in [6.07, 6.45) is 0.762. The molecule has 0 spiro atoms. The van der Waals surface area contributed by atoms with E-state index in [0.717, 1.165) is 28.7 Å². The van der Waals surface area contributed by atoms with Gasteiger partial charge in [-0.25, -0.2) is 0 Å². The fourth-order valence-corrected chi connectivity index (χ4v) is 3.11. The van der Waals surface area contributed by atoms with Gasteiger partial charge in [0.05, 0.1) is 5.71 Å². The van der Waals surface area contributed by atoms with Gasteiger partial charge < -0.3 is 10.3 Å². The minimum atomic E-state index is 0.00241. The predicted molar refractivity (Wildman–Crippen MR) is 78.8 cm³/mol. The first-order valence-corrected chi connectivity index (χ1v) is 6.72. The van der Waals surface area contributed by atoms with Crippen molar-refractivity contribution in [1.29, 1.82) is 0 Å². The molecule has 3 rings (SSSR count). The summed E-state index contributed by atoms with van der Waals surface area (Å²) >= 11 is 0. The molecule has 2 aromatic carbocycles. The van der Waals surface area contributed by atoms with E-state index in [1.807, 2.05) is 50.2 Å². The highest BCUT2D eigenvalue weighted by molar-refractivity contribution is 6.11. The predicted octanol–water partition coefficient (Wildman–Crippen LogP) is 3.53. The zero-order chi connectivity index (χ0) is 14.3. The fraction of sp³-hybridized carbons (Fsp3) is 0.235. The van der Waals surface area contributed by atoms with Crippen LogP contribution < -0.4 is 0 Å². The van der Waals surface area contributed by atoms with Gasteiger partial charge in [-0.3, -0.25) is 0 Å². The Balaban J connectivity index is 2.18. The molecule has 3 nitrogen and oxygen atoms in total. The van der Waals surface area contributed by atoms with Crippen LogP contribution in [-0.2, 0) is 6.42 Å². The SMILES string of the molecule is Cc1cc(C)c2c(c1O)/C(=N\O)C(c1ccccc1)C2. The number of phenols is 1. The molecule has 0 fully saturated rings. The monoisotopic (exact) mass is 267 g/mol. The van der Waals surface area contributed by atoms with Crippen molar-refractivity contribution in [2.45, 2.75) is 26.2 Å². The summed E-state index contributed by atoms with van der Waals surface area (Å²) in [6, 6.07) is 12.0. The van der Waals surface area contributed by atoms with Crippen LogP contribution >= 0.6 is 0 Å². The first-order valence-electron chi connectivity index (χ1n) is 6.72. The molecule has 0 radical (unpaired) electrons. The molecule has 1 unspecified atom stereocenters. The van der Waals surface area contributed by atoms with Crippen molar-refractivity contribution in [3.63, 3.8) is 0 Å². The quantitative estimate of drug-likeness (QED) is 0.613. The number of hydrogen-bond acceptors (Lipinski definition) is 3. The number of hydrogen-bond donors (Lipinski definition) is 2. The van der Waals surface area contributed by atoms with Gasteiger partial charge >= 0.3 is 0 Å². The summed E-state index contributed by atoms with van der Waals surface area (Å²) in [5.74, 6) is 0.236. The van der Waals surface area contributed by atoms with E-state index in [2.05, 4.69) is 5.16 Å². The Hall–Kier alpha value is -2.29. The average Bonchev–Trinajstić information content (AvgIpc) is 2.86. The number of phenolic OH excluding ortho intramolecular Hbond substituents is 1. The topological polar surface area (TPSA) is 52.8 Å². The van der Waals surface area contributed by atoms with Gasteiger partial charge in [-0.15, -0.1) is 0 Å².